The van der Waals surface area contributed by atoms with E-state index in [0.717, 1.165) is 6.07 Å². The average molecular weight is 211 g/mol. The van der Waals surface area contributed by atoms with Gasteiger partial charge >= 0.3 is 0 Å². The fraction of sp³-hybridized carbons (Fsp3) is 0. The first kappa shape index (κ1) is 9.56. The topological polar surface area (TPSA) is 87.2 Å². The zero-order valence-electron chi connectivity index (χ0n) is 7.32. The Bertz CT molecular complexity index is 554. The Morgan fingerprint density at radius 2 is 2.33 bits per heavy atom. The number of aromatic amines is 1. The van der Waals surface area contributed by atoms with Gasteiger partial charge in [-0.05, 0) is 6.07 Å². The van der Waals surface area contributed by atoms with Gasteiger partial charge in [0.2, 0.25) is 0 Å². The third kappa shape index (κ3) is 1.65. The van der Waals surface area contributed by atoms with Gasteiger partial charge in [0, 0.05) is 6.07 Å². The summed E-state index contributed by atoms with van der Waals surface area (Å²) in [5.41, 5.74) is 1.57. The number of fused-ring (bicyclic) bond motifs is 1. The van der Waals surface area contributed by atoms with Crippen molar-refractivity contribution in [3.63, 3.8) is 0 Å². The minimum atomic E-state index is -0.686. The molecule has 0 atom stereocenters. The van der Waals surface area contributed by atoms with E-state index in [1.54, 1.807) is 0 Å². The lowest BCUT2D eigenvalue weighted by atomic mass is 10.2. The van der Waals surface area contributed by atoms with Gasteiger partial charge in [-0.2, -0.15) is 0 Å². The van der Waals surface area contributed by atoms with Crippen LogP contribution in [0.15, 0.2) is 23.3 Å². The highest BCUT2D eigenvalue weighted by molar-refractivity contribution is 5.81. The van der Waals surface area contributed by atoms with E-state index in [0.29, 0.717) is 0 Å². The molecule has 1 aromatic carbocycles. The lowest BCUT2D eigenvalue weighted by molar-refractivity contribution is -0.215. The van der Waals surface area contributed by atoms with E-state index in [1.165, 1.54) is 12.4 Å². The van der Waals surface area contributed by atoms with Crippen molar-refractivity contribution in [3.05, 3.63) is 34.6 Å². The van der Waals surface area contributed by atoms with Crippen LogP contribution in [0.4, 0.5) is 10.1 Å². The highest BCUT2D eigenvalue weighted by atomic mass is 19.1. The average Bonchev–Trinajstić information content (AvgIpc) is 2.21. The molecule has 0 aliphatic rings. The van der Waals surface area contributed by atoms with Gasteiger partial charge in [-0.25, -0.2) is 20.1 Å². The highest BCUT2D eigenvalue weighted by Crippen LogP contribution is 2.18. The highest BCUT2D eigenvalue weighted by Gasteiger charge is 2.07. The van der Waals surface area contributed by atoms with Crippen molar-refractivity contribution in [1.82, 2.24) is 9.97 Å². The summed E-state index contributed by atoms with van der Waals surface area (Å²) in [6.07, 6.45) is 1.18. The van der Waals surface area contributed by atoms with Crippen LogP contribution in [0, 0.1) is 5.82 Å². The van der Waals surface area contributed by atoms with Crippen molar-refractivity contribution in [3.8, 4) is 0 Å². The van der Waals surface area contributed by atoms with Crippen molar-refractivity contribution in [2.45, 2.75) is 0 Å². The van der Waals surface area contributed by atoms with Gasteiger partial charge in [-0.3, -0.25) is 4.79 Å². The van der Waals surface area contributed by atoms with Crippen LogP contribution in [0.5, 0.6) is 0 Å². The smallest absolute Gasteiger partial charge is 0.258 e. The van der Waals surface area contributed by atoms with Crippen LogP contribution in [-0.4, -0.2) is 15.2 Å². The molecule has 1 heterocycles. The maximum Gasteiger partial charge on any atom is 0.258 e. The molecule has 0 saturated carbocycles. The molecule has 3 N–H and O–H groups in total. The largest absolute Gasteiger partial charge is 0.313 e. The fourth-order valence-corrected chi connectivity index (χ4v) is 1.22. The van der Waals surface area contributed by atoms with Crippen molar-refractivity contribution in [2.24, 2.45) is 0 Å². The number of nitrogens with one attached hydrogen (secondary N) is 2. The van der Waals surface area contributed by atoms with Gasteiger partial charge in [0.25, 0.3) is 5.56 Å². The monoisotopic (exact) mass is 211 g/mol. The molecule has 0 unspecified atom stereocenters. The van der Waals surface area contributed by atoms with Crippen LogP contribution in [0.1, 0.15) is 0 Å². The third-order valence-corrected chi connectivity index (χ3v) is 1.88. The maximum absolute atomic E-state index is 13.2. The summed E-state index contributed by atoms with van der Waals surface area (Å²) >= 11 is 0. The van der Waals surface area contributed by atoms with Gasteiger partial charge in [0.05, 0.1) is 17.2 Å². The molecule has 15 heavy (non-hydrogen) atoms. The molecule has 7 heteroatoms. The molecule has 0 aliphatic carbocycles. The second kappa shape index (κ2) is 3.64. The number of anilines is 1. The van der Waals surface area contributed by atoms with Crippen molar-refractivity contribution < 1.29 is 14.6 Å². The molecule has 78 valence electrons. The number of hydrogen-bond donors (Lipinski definition) is 3. The van der Waals surface area contributed by atoms with E-state index in [-0.39, 0.29) is 16.6 Å². The zero-order valence-corrected chi connectivity index (χ0v) is 7.32. The molecule has 0 saturated heterocycles. The summed E-state index contributed by atoms with van der Waals surface area (Å²) < 4.78 is 13.2. The molecular formula is C8H6FN3O3. The summed E-state index contributed by atoms with van der Waals surface area (Å²) in [5, 5.41) is 8.30. The number of hydrogen-bond acceptors (Lipinski definition) is 5. The molecule has 0 amide bonds. The number of aromatic nitrogens is 2. The Balaban J connectivity index is 2.72. The normalized spacial score (nSPS) is 10.5. The standard InChI is InChI=1S/C8H6FN3O3/c9-5-2-6-4(1-7(5)12-15-14)8(13)11-3-10-6/h1-3,12,14H,(H,10,11,13). The Hall–Kier alpha value is -1.99. The van der Waals surface area contributed by atoms with Crippen LogP contribution in [-0.2, 0) is 4.99 Å². The zero-order chi connectivity index (χ0) is 10.8. The SMILES string of the molecule is O=c1[nH]cnc2cc(F)c(NOO)cc12. The molecule has 0 fully saturated rings. The number of H-pyrrole nitrogens is 1. The second-order valence-electron chi connectivity index (χ2n) is 2.77. The molecule has 0 aliphatic heterocycles. The van der Waals surface area contributed by atoms with Gasteiger partial charge in [-0.15, -0.1) is 4.99 Å². The first-order valence-corrected chi connectivity index (χ1v) is 3.95. The Morgan fingerprint density at radius 3 is 3.07 bits per heavy atom. The summed E-state index contributed by atoms with van der Waals surface area (Å²) in [4.78, 5) is 21.0. The number of nitrogens with zero attached hydrogens (tertiary/aromatic N) is 1. The first-order chi connectivity index (χ1) is 7.22. The Kier molecular flexibility index (Phi) is 2.32. The molecule has 6 nitrogen and oxygen atoms in total. The summed E-state index contributed by atoms with van der Waals surface area (Å²) in [6, 6.07) is 2.25. The number of rotatable bonds is 2. The van der Waals surface area contributed by atoms with Crippen LogP contribution < -0.4 is 11.0 Å². The quantitative estimate of drug-likeness (QED) is 0.507. The Morgan fingerprint density at radius 1 is 1.53 bits per heavy atom. The summed E-state index contributed by atoms with van der Waals surface area (Å²) in [5.74, 6) is -0.686. The molecule has 0 spiro atoms. The van der Waals surface area contributed by atoms with Crippen LogP contribution >= 0.6 is 0 Å². The van der Waals surface area contributed by atoms with E-state index in [4.69, 9.17) is 5.26 Å². The molecular weight excluding hydrogens is 205 g/mol. The molecule has 0 radical (unpaired) electrons. The second-order valence-corrected chi connectivity index (χ2v) is 2.77. The predicted molar refractivity (Wildman–Crippen MR) is 49.7 cm³/mol. The van der Waals surface area contributed by atoms with E-state index < -0.39 is 11.4 Å². The number of halogens is 1. The molecule has 2 aromatic rings. The van der Waals surface area contributed by atoms with E-state index in [9.17, 15) is 9.18 Å². The van der Waals surface area contributed by atoms with Gasteiger partial charge in [0.1, 0.15) is 5.69 Å². The first-order valence-electron chi connectivity index (χ1n) is 3.95. The van der Waals surface area contributed by atoms with Crippen molar-refractivity contribution in [1.29, 1.82) is 0 Å². The van der Waals surface area contributed by atoms with Crippen LogP contribution in [0.25, 0.3) is 10.9 Å². The summed E-state index contributed by atoms with van der Waals surface area (Å²) in [6.45, 7) is 0. The predicted octanol–water partition coefficient (Wildman–Crippen LogP) is 0.879. The number of benzene rings is 1. The fourth-order valence-electron chi connectivity index (χ4n) is 1.22. The minimum Gasteiger partial charge on any atom is -0.313 e. The van der Waals surface area contributed by atoms with Crippen LogP contribution in [0.3, 0.4) is 0 Å². The third-order valence-electron chi connectivity index (χ3n) is 1.88. The lowest BCUT2D eigenvalue weighted by Gasteiger charge is -2.03. The summed E-state index contributed by atoms with van der Waals surface area (Å²) in [7, 11) is 0. The molecule has 1 aromatic heterocycles. The van der Waals surface area contributed by atoms with E-state index >= 15 is 0 Å². The molecule has 0 bridgehead atoms. The van der Waals surface area contributed by atoms with Crippen molar-refractivity contribution >= 4 is 16.6 Å². The van der Waals surface area contributed by atoms with E-state index in [2.05, 4.69) is 15.0 Å². The molecule has 2 rings (SSSR count). The van der Waals surface area contributed by atoms with Crippen LogP contribution in [0.2, 0.25) is 0 Å². The lowest BCUT2D eigenvalue weighted by Crippen LogP contribution is -2.08. The Labute approximate surface area is 82.2 Å². The van der Waals surface area contributed by atoms with Gasteiger partial charge in [0.15, 0.2) is 5.82 Å². The minimum absolute atomic E-state index is 0.150. The van der Waals surface area contributed by atoms with Gasteiger partial charge < -0.3 is 4.98 Å². The van der Waals surface area contributed by atoms with Gasteiger partial charge in [-0.1, -0.05) is 0 Å². The van der Waals surface area contributed by atoms with E-state index in [1.807, 2.05) is 5.48 Å². The maximum atomic E-state index is 13.2. The van der Waals surface area contributed by atoms with Crippen molar-refractivity contribution in [2.75, 3.05) is 5.48 Å².